The summed E-state index contributed by atoms with van der Waals surface area (Å²) in [5.74, 6) is 3.43. The molecule has 2 N–H and O–H groups in total. The number of rotatable bonds is 5. The molecule has 3 heterocycles. The van der Waals surface area contributed by atoms with Crippen LogP contribution in [0.15, 0.2) is 4.99 Å². The Morgan fingerprint density at radius 3 is 2.81 bits per heavy atom. The van der Waals surface area contributed by atoms with Crippen molar-refractivity contribution < 1.29 is 8.42 Å². The Morgan fingerprint density at radius 1 is 1.35 bits per heavy atom. The van der Waals surface area contributed by atoms with Crippen LogP contribution < -0.4 is 10.6 Å². The second-order valence-corrected chi connectivity index (χ2v) is 9.08. The van der Waals surface area contributed by atoms with Crippen LogP contribution in [0.2, 0.25) is 0 Å². The summed E-state index contributed by atoms with van der Waals surface area (Å²) in [6.45, 7) is 6.20. The van der Waals surface area contributed by atoms with Gasteiger partial charge in [-0.3, -0.25) is 4.99 Å². The van der Waals surface area contributed by atoms with Gasteiger partial charge in [-0.2, -0.15) is 5.10 Å². The number of hydrogen-bond donors (Lipinski definition) is 2. The van der Waals surface area contributed by atoms with Crippen molar-refractivity contribution in [1.82, 2.24) is 25.4 Å². The summed E-state index contributed by atoms with van der Waals surface area (Å²) in [4.78, 5) is 9.16. The van der Waals surface area contributed by atoms with Crippen LogP contribution in [0.4, 0.5) is 0 Å². The van der Waals surface area contributed by atoms with Gasteiger partial charge in [-0.15, -0.1) is 24.0 Å². The molecule has 1 saturated heterocycles. The fourth-order valence-corrected chi connectivity index (χ4v) is 5.23. The van der Waals surface area contributed by atoms with Crippen molar-refractivity contribution in [3.05, 3.63) is 11.6 Å². The lowest BCUT2D eigenvalue weighted by Crippen LogP contribution is -2.47. The molecule has 0 aromatic carbocycles. The third-order valence-corrected chi connectivity index (χ3v) is 6.57. The van der Waals surface area contributed by atoms with E-state index in [9.17, 15) is 8.42 Å². The summed E-state index contributed by atoms with van der Waals surface area (Å²) >= 11 is 0. The van der Waals surface area contributed by atoms with Gasteiger partial charge >= 0.3 is 0 Å². The van der Waals surface area contributed by atoms with Crippen molar-refractivity contribution in [1.29, 1.82) is 0 Å². The van der Waals surface area contributed by atoms with Gasteiger partial charge in [-0.05, 0) is 25.7 Å². The maximum atomic E-state index is 11.6. The molecule has 1 aromatic rings. The predicted octanol–water partition coefficient (Wildman–Crippen LogP) is 0.763. The van der Waals surface area contributed by atoms with Gasteiger partial charge in [0.2, 0.25) is 0 Å². The number of aromatic nitrogens is 3. The molecule has 148 valence electrons. The molecule has 8 nitrogen and oxygen atoms in total. The molecule has 0 saturated carbocycles. The molecule has 1 fully saturated rings. The first-order valence-corrected chi connectivity index (χ1v) is 11.0. The van der Waals surface area contributed by atoms with E-state index in [2.05, 4.69) is 32.6 Å². The minimum absolute atomic E-state index is 0. The molecule has 0 spiro atoms. The minimum atomic E-state index is -2.85. The zero-order valence-electron chi connectivity index (χ0n) is 15.4. The van der Waals surface area contributed by atoms with Gasteiger partial charge < -0.3 is 10.6 Å². The number of guanidine groups is 1. The molecule has 0 radical (unpaired) electrons. The van der Waals surface area contributed by atoms with Crippen LogP contribution in [-0.4, -0.2) is 59.8 Å². The molecule has 10 heteroatoms. The number of aryl methyl sites for hydroxylation is 2. The van der Waals surface area contributed by atoms with Crippen LogP contribution in [0.25, 0.3) is 0 Å². The Labute approximate surface area is 172 Å². The molecule has 3 rings (SSSR count). The summed E-state index contributed by atoms with van der Waals surface area (Å²) in [5.41, 5.74) is 0. The molecule has 0 bridgehead atoms. The normalized spacial score (nSPS) is 24.6. The Balaban J connectivity index is 0.00000243. The van der Waals surface area contributed by atoms with Crippen LogP contribution in [0.5, 0.6) is 0 Å². The van der Waals surface area contributed by atoms with Crippen LogP contribution in [0, 0.1) is 5.92 Å². The number of aliphatic imine (C=N–C) groups is 1. The van der Waals surface area contributed by atoms with Crippen LogP contribution in [0.1, 0.15) is 38.3 Å². The fraction of sp³-hybridized carbons (Fsp3) is 0.812. The highest BCUT2D eigenvalue weighted by Crippen LogP contribution is 2.18. The molecule has 0 amide bonds. The van der Waals surface area contributed by atoms with Crippen molar-refractivity contribution in [3.63, 3.8) is 0 Å². The van der Waals surface area contributed by atoms with Gasteiger partial charge in [0.1, 0.15) is 5.82 Å². The molecule has 2 aliphatic rings. The maximum absolute atomic E-state index is 11.6. The fourth-order valence-electron chi connectivity index (χ4n) is 3.38. The van der Waals surface area contributed by atoms with E-state index in [0.717, 1.165) is 56.4 Å². The molecular weight excluding hydrogens is 467 g/mol. The number of hydrogen-bond acceptors (Lipinski definition) is 5. The predicted molar refractivity (Wildman–Crippen MR) is 113 cm³/mol. The third kappa shape index (κ3) is 5.54. The van der Waals surface area contributed by atoms with Crippen molar-refractivity contribution in [2.45, 2.75) is 52.1 Å². The third-order valence-electron chi connectivity index (χ3n) is 4.74. The number of halogens is 1. The number of sulfone groups is 1. The average molecular weight is 496 g/mol. The first kappa shape index (κ1) is 21.4. The van der Waals surface area contributed by atoms with E-state index in [0.29, 0.717) is 12.3 Å². The number of nitrogens with zero attached hydrogens (tertiary/aromatic N) is 4. The van der Waals surface area contributed by atoms with Crippen LogP contribution in [0.3, 0.4) is 0 Å². The summed E-state index contributed by atoms with van der Waals surface area (Å²) in [6.07, 6.45) is 3.47. The van der Waals surface area contributed by atoms with E-state index in [1.807, 2.05) is 11.6 Å². The Bertz CT molecular complexity index is 733. The van der Waals surface area contributed by atoms with E-state index in [-0.39, 0.29) is 41.7 Å². The van der Waals surface area contributed by atoms with E-state index < -0.39 is 9.84 Å². The van der Waals surface area contributed by atoms with Gasteiger partial charge in [0.15, 0.2) is 21.6 Å². The smallest absolute Gasteiger partial charge is 0.191 e. The lowest BCUT2D eigenvalue weighted by atomic mass is 10.1. The molecular formula is C16H29IN6O2S. The average Bonchev–Trinajstić information content (AvgIpc) is 3.14. The molecule has 2 atom stereocenters. The first-order valence-electron chi connectivity index (χ1n) is 9.17. The Kier molecular flexibility index (Phi) is 7.68. The lowest BCUT2D eigenvalue weighted by molar-refractivity contribution is 0.392. The van der Waals surface area contributed by atoms with E-state index in [4.69, 9.17) is 0 Å². The zero-order chi connectivity index (χ0) is 17.9. The van der Waals surface area contributed by atoms with Crippen molar-refractivity contribution in [2.24, 2.45) is 10.9 Å². The second kappa shape index (κ2) is 9.34. The van der Waals surface area contributed by atoms with Crippen molar-refractivity contribution >= 4 is 39.8 Å². The molecule has 2 unspecified atom stereocenters. The van der Waals surface area contributed by atoms with Crippen LogP contribution in [-0.2, 0) is 29.2 Å². The van der Waals surface area contributed by atoms with E-state index in [1.54, 1.807) is 0 Å². The highest BCUT2D eigenvalue weighted by molar-refractivity contribution is 14.0. The molecule has 2 aliphatic heterocycles. The molecule has 0 aliphatic carbocycles. The standard InChI is InChI=1S/C16H28N6O2S.HI/c1-3-14-20-15-6-5-13(10-22(15)21-14)19-16(17-4-2)18-9-12-7-8-25(23,24)11-12;/h12-13H,3-11H2,1-2H3,(H2,17,18,19);1H. The molecule has 1 aromatic heterocycles. The summed E-state index contributed by atoms with van der Waals surface area (Å²) in [7, 11) is -2.85. The second-order valence-electron chi connectivity index (χ2n) is 6.85. The van der Waals surface area contributed by atoms with Crippen LogP contribution >= 0.6 is 24.0 Å². The van der Waals surface area contributed by atoms with Gasteiger partial charge in [0.25, 0.3) is 0 Å². The lowest BCUT2D eigenvalue weighted by Gasteiger charge is -2.25. The largest absolute Gasteiger partial charge is 0.357 e. The highest BCUT2D eigenvalue weighted by atomic mass is 127. The summed E-state index contributed by atoms with van der Waals surface area (Å²) in [5, 5.41) is 11.3. The first-order chi connectivity index (χ1) is 12.0. The maximum Gasteiger partial charge on any atom is 0.191 e. The van der Waals surface area contributed by atoms with Gasteiger partial charge in [-0.25, -0.2) is 18.1 Å². The van der Waals surface area contributed by atoms with Gasteiger partial charge in [0, 0.05) is 32.0 Å². The topological polar surface area (TPSA) is 101 Å². The van der Waals surface area contributed by atoms with E-state index in [1.165, 1.54) is 0 Å². The summed E-state index contributed by atoms with van der Waals surface area (Å²) in [6, 6.07) is 0.254. The monoisotopic (exact) mass is 496 g/mol. The minimum Gasteiger partial charge on any atom is -0.357 e. The van der Waals surface area contributed by atoms with Gasteiger partial charge in [0.05, 0.1) is 18.1 Å². The quantitative estimate of drug-likeness (QED) is 0.355. The molecule has 26 heavy (non-hydrogen) atoms. The van der Waals surface area contributed by atoms with Crippen molar-refractivity contribution in [2.75, 3.05) is 24.6 Å². The van der Waals surface area contributed by atoms with E-state index >= 15 is 0 Å². The number of nitrogens with one attached hydrogen (secondary N) is 2. The Hall–Kier alpha value is -0.910. The summed E-state index contributed by atoms with van der Waals surface area (Å²) < 4.78 is 25.1. The number of fused-ring (bicyclic) bond motifs is 1. The SMILES string of the molecule is CCNC(=NCC1CCS(=O)(=O)C1)NC1CCc2nc(CC)nn2C1.I. The van der Waals surface area contributed by atoms with Crippen molar-refractivity contribution in [3.8, 4) is 0 Å². The highest BCUT2D eigenvalue weighted by Gasteiger charge is 2.28. The Morgan fingerprint density at radius 2 is 2.15 bits per heavy atom. The zero-order valence-corrected chi connectivity index (χ0v) is 18.6. The van der Waals surface area contributed by atoms with Gasteiger partial charge in [-0.1, -0.05) is 6.92 Å².